The Hall–Kier alpha value is -1.56. The van der Waals surface area contributed by atoms with Gasteiger partial charge in [0.15, 0.2) is 11.6 Å². The predicted molar refractivity (Wildman–Crippen MR) is 66.5 cm³/mol. The van der Waals surface area contributed by atoms with Crippen molar-refractivity contribution < 1.29 is 23.1 Å². The fraction of sp³-hybridized carbons (Fsp3) is 0.500. The molecule has 1 N–H and O–H groups in total. The van der Waals surface area contributed by atoms with Gasteiger partial charge >= 0.3 is 5.97 Å². The zero-order valence-corrected chi connectivity index (χ0v) is 11.1. The highest BCUT2D eigenvalue weighted by Crippen LogP contribution is 2.25. The maximum Gasteiger partial charge on any atom is 0.307 e. The topological polar surface area (TPSA) is 40.5 Å². The van der Waals surface area contributed by atoms with E-state index in [1.807, 2.05) is 6.92 Å². The van der Waals surface area contributed by atoms with Gasteiger partial charge in [-0.05, 0) is 25.8 Å². The Balaban J connectivity index is 2.15. The Bertz CT molecular complexity index is 521. The Kier molecular flexibility index (Phi) is 4.32. The molecule has 1 aliphatic rings. The molecule has 6 heteroatoms. The first-order chi connectivity index (χ1) is 9.38. The number of carboxylic acid groups (broad SMARTS) is 1. The molecule has 0 spiro atoms. The Morgan fingerprint density at radius 2 is 1.90 bits per heavy atom. The summed E-state index contributed by atoms with van der Waals surface area (Å²) in [5, 5.41) is 9.03. The molecule has 0 bridgehead atoms. The summed E-state index contributed by atoms with van der Waals surface area (Å²) < 4.78 is 39.7. The number of carbonyl (C=O) groups is 1. The Morgan fingerprint density at radius 3 is 2.55 bits per heavy atom. The van der Waals surface area contributed by atoms with Crippen LogP contribution < -0.4 is 0 Å². The lowest BCUT2D eigenvalue weighted by molar-refractivity contribution is -0.144. The summed E-state index contributed by atoms with van der Waals surface area (Å²) >= 11 is 0. The molecule has 2 rings (SSSR count). The standard InChI is InChI=1S/C14H16F3NO2/c1-8-2-3-9(14(19)20)6-18(8)7-10-4-12(16)13(17)5-11(10)15/h4-5,8-9H,2-3,6-7H2,1H3,(H,19,20). The highest BCUT2D eigenvalue weighted by molar-refractivity contribution is 5.70. The van der Waals surface area contributed by atoms with Gasteiger partial charge in [-0.2, -0.15) is 0 Å². The van der Waals surface area contributed by atoms with Gasteiger partial charge < -0.3 is 5.11 Å². The summed E-state index contributed by atoms with van der Waals surface area (Å²) in [6.07, 6.45) is 1.26. The molecule has 0 aliphatic carbocycles. The minimum atomic E-state index is -1.22. The van der Waals surface area contributed by atoms with Gasteiger partial charge in [-0.3, -0.25) is 9.69 Å². The van der Waals surface area contributed by atoms with Crippen LogP contribution in [0.5, 0.6) is 0 Å². The van der Waals surface area contributed by atoms with Crippen molar-refractivity contribution in [2.45, 2.75) is 32.4 Å². The highest BCUT2D eigenvalue weighted by Gasteiger charge is 2.30. The van der Waals surface area contributed by atoms with Crippen LogP contribution in [-0.2, 0) is 11.3 Å². The normalized spacial score (nSPS) is 23.8. The lowest BCUT2D eigenvalue weighted by Crippen LogP contribution is -2.43. The second-order valence-electron chi connectivity index (χ2n) is 5.25. The van der Waals surface area contributed by atoms with Crippen LogP contribution in [0, 0.1) is 23.4 Å². The number of aliphatic carboxylic acids is 1. The number of piperidine rings is 1. The number of rotatable bonds is 3. The summed E-state index contributed by atoms with van der Waals surface area (Å²) in [6.45, 7) is 2.28. The summed E-state index contributed by atoms with van der Waals surface area (Å²) in [5.41, 5.74) is 0.0433. The van der Waals surface area contributed by atoms with Crippen molar-refractivity contribution in [1.29, 1.82) is 0 Å². The third-order valence-electron chi connectivity index (χ3n) is 3.82. The van der Waals surface area contributed by atoms with Crippen LogP contribution in [0.15, 0.2) is 12.1 Å². The average molecular weight is 287 g/mol. The molecule has 1 saturated heterocycles. The molecule has 0 aromatic heterocycles. The van der Waals surface area contributed by atoms with Crippen molar-refractivity contribution in [3.63, 3.8) is 0 Å². The van der Waals surface area contributed by atoms with Crippen LogP contribution in [0.4, 0.5) is 13.2 Å². The first-order valence-corrected chi connectivity index (χ1v) is 6.48. The number of hydrogen-bond donors (Lipinski definition) is 1. The Labute approximate surface area is 115 Å². The van der Waals surface area contributed by atoms with Gasteiger partial charge in [0.25, 0.3) is 0 Å². The molecule has 1 fully saturated rings. The second-order valence-corrected chi connectivity index (χ2v) is 5.25. The van der Waals surface area contributed by atoms with E-state index < -0.39 is 29.3 Å². The van der Waals surface area contributed by atoms with E-state index in [0.29, 0.717) is 18.9 Å². The van der Waals surface area contributed by atoms with E-state index in [0.717, 1.165) is 6.07 Å². The highest BCUT2D eigenvalue weighted by atomic mass is 19.2. The van der Waals surface area contributed by atoms with Crippen molar-refractivity contribution in [3.8, 4) is 0 Å². The zero-order valence-electron chi connectivity index (χ0n) is 11.1. The molecule has 2 atom stereocenters. The molecule has 1 aromatic carbocycles. The van der Waals surface area contributed by atoms with Crippen molar-refractivity contribution in [2.75, 3.05) is 6.54 Å². The first kappa shape index (κ1) is 14.8. The SMILES string of the molecule is CC1CCC(C(=O)O)CN1Cc1cc(F)c(F)cc1F. The quantitative estimate of drug-likeness (QED) is 0.869. The monoisotopic (exact) mass is 287 g/mol. The summed E-state index contributed by atoms with van der Waals surface area (Å²) in [7, 11) is 0. The fourth-order valence-electron chi connectivity index (χ4n) is 2.50. The molecular formula is C14H16F3NO2. The van der Waals surface area contributed by atoms with Crippen molar-refractivity contribution >= 4 is 5.97 Å². The number of likely N-dealkylation sites (tertiary alicyclic amines) is 1. The van der Waals surface area contributed by atoms with E-state index in [1.54, 1.807) is 4.90 Å². The van der Waals surface area contributed by atoms with Crippen LogP contribution >= 0.6 is 0 Å². The van der Waals surface area contributed by atoms with E-state index >= 15 is 0 Å². The van der Waals surface area contributed by atoms with Crippen molar-refractivity contribution in [3.05, 3.63) is 35.1 Å². The molecule has 1 aliphatic heterocycles. The third-order valence-corrected chi connectivity index (χ3v) is 3.82. The van der Waals surface area contributed by atoms with Gasteiger partial charge in [0, 0.05) is 30.8 Å². The molecule has 0 amide bonds. The van der Waals surface area contributed by atoms with Gasteiger partial charge in [-0.1, -0.05) is 0 Å². The number of benzene rings is 1. The van der Waals surface area contributed by atoms with E-state index in [1.165, 1.54) is 0 Å². The lowest BCUT2D eigenvalue weighted by atomic mass is 9.93. The zero-order chi connectivity index (χ0) is 14.9. The number of carboxylic acids is 1. The van der Waals surface area contributed by atoms with Crippen LogP contribution in [-0.4, -0.2) is 28.6 Å². The molecule has 0 radical (unpaired) electrons. The maximum atomic E-state index is 13.6. The van der Waals surface area contributed by atoms with E-state index in [9.17, 15) is 18.0 Å². The summed E-state index contributed by atoms with van der Waals surface area (Å²) in [6, 6.07) is 1.44. The second kappa shape index (κ2) is 5.83. The average Bonchev–Trinajstić information content (AvgIpc) is 2.38. The molecular weight excluding hydrogens is 271 g/mol. The minimum absolute atomic E-state index is 0.0433. The van der Waals surface area contributed by atoms with Crippen molar-refractivity contribution in [1.82, 2.24) is 4.90 Å². The lowest BCUT2D eigenvalue weighted by Gasteiger charge is -2.36. The van der Waals surface area contributed by atoms with E-state index in [-0.39, 0.29) is 24.7 Å². The number of nitrogens with zero attached hydrogens (tertiary/aromatic N) is 1. The molecule has 1 aromatic rings. The number of halogens is 3. The predicted octanol–water partition coefficient (Wildman–Crippen LogP) is 2.79. The van der Waals surface area contributed by atoms with Gasteiger partial charge in [0.05, 0.1) is 5.92 Å². The van der Waals surface area contributed by atoms with E-state index in [2.05, 4.69) is 0 Å². The third kappa shape index (κ3) is 3.12. The Morgan fingerprint density at radius 1 is 1.25 bits per heavy atom. The van der Waals surface area contributed by atoms with Gasteiger partial charge in [-0.15, -0.1) is 0 Å². The fourth-order valence-corrected chi connectivity index (χ4v) is 2.50. The van der Waals surface area contributed by atoms with Crippen LogP contribution in [0.3, 0.4) is 0 Å². The van der Waals surface area contributed by atoms with Gasteiger partial charge in [-0.25, -0.2) is 13.2 Å². The first-order valence-electron chi connectivity index (χ1n) is 6.48. The van der Waals surface area contributed by atoms with Crippen LogP contribution in [0.1, 0.15) is 25.3 Å². The molecule has 20 heavy (non-hydrogen) atoms. The molecule has 2 unspecified atom stereocenters. The summed E-state index contributed by atoms with van der Waals surface area (Å²) in [4.78, 5) is 12.8. The largest absolute Gasteiger partial charge is 0.481 e. The van der Waals surface area contributed by atoms with Crippen molar-refractivity contribution in [2.24, 2.45) is 5.92 Å². The molecule has 3 nitrogen and oxygen atoms in total. The molecule has 1 heterocycles. The molecule has 110 valence electrons. The van der Waals surface area contributed by atoms with Gasteiger partial charge in [0.2, 0.25) is 0 Å². The van der Waals surface area contributed by atoms with Crippen LogP contribution in [0.2, 0.25) is 0 Å². The maximum absolute atomic E-state index is 13.6. The van der Waals surface area contributed by atoms with Crippen LogP contribution in [0.25, 0.3) is 0 Å². The van der Waals surface area contributed by atoms with E-state index in [4.69, 9.17) is 5.11 Å². The summed E-state index contributed by atoms with van der Waals surface area (Å²) in [5.74, 6) is -4.51. The van der Waals surface area contributed by atoms with Gasteiger partial charge in [0.1, 0.15) is 5.82 Å². The smallest absolute Gasteiger partial charge is 0.307 e. The molecule has 0 saturated carbocycles. The number of hydrogen-bond acceptors (Lipinski definition) is 2. The minimum Gasteiger partial charge on any atom is -0.481 e.